The maximum atomic E-state index is 12.3. The second kappa shape index (κ2) is 52.3. The van der Waals surface area contributed by atoms with E-state index in [0.29, 0.717) is 78.7 Å². The number of carboxylic acids is 5. The number of carbonyl (C=O) groups excluding carboxylic acids is 5. The molecule has 636 valence electrons. The maximum absolute atomic E-state index is 12.3. The molecule has 0 saturated heterocycles. The first-order valence-electron chi connectivity index (χ1n) is 35.5. The predicted octanol–water partition coefficient (Wildman–Crippen LogP) is 16.7. The van der Waals surface area contributed by atoms with E-state index in [1.54, 1.807) is 85.8 Å². The molecular weight excluding hydrogens is 1750 g/mol. The number of halogens is 10. The normalized spacial score (nSPS) is 13.4. The Hall–Kier alpha value is -8.71. The molecule has 11 unspecified atom stereocenters. The lowest BCUT2D eigenvalue weighted by Gasteiger charge is -2.22. The lowest BCUT2D eigenvalue weighted by Crippen LogP contribution is -2.49. The third-order valence-corrected chi connectivity index (χ3v) is 19.3. The third-order valence-electron chi connectivity index (χ3n) is 16.0. The molecule has 0 aromatic heterocycles. The highest BCUT2D eigenvalue weighted by molar-refractivity contribution is 7.98. The maximum Gasteiger partial charge on any atom is 0.326 e. The molecule has 37 heteroatoms. The number of aromatic hydroxyl groups is 1. The van der Waals surface area contributed by atoms with Gasteiger partial charge in [0.15, 0.2) is 30.5 Å². The number of ether oxygens (including phenoxy) is 5. The van der Waals surface area contributed by atoms with Crippen molar-refractivity contribution < 1.29 is 102 Å². The Morgan fingerprint density at radius 2 is 0.632 bits per heavy atom. The van der Waals surface area contributed by atoms with Gasteiger partial charge in [0.1, 0.15) is 64.7 Å². The second-order valence-corrected chi connectivity index (χ2v) is 31.2. The van der Waals surface area contributed by atoms with Crippen LogP contribution in [0.5, 0.6) is 34.5 Å². The van der Waals surface area contributed by atoms with Gasteiger partial charge in [0.05, 0.1) is 25.1 Å². The SMILES string of the molecule is CC(C)CC(NC(=O)C(C)Oc1ccc(Cl)cc1Cl)C(=O)O.CC(Oc1ccc(Cl)cc1Cl)C(=O)NC(Cc1ccc(O)cc1)C(=O)O.CC(Oc1ccc(Cl)cc1Cl)C(=O)NC(Cc1ccccc1)C(=O)O.CCC(C)C(NC(=O)C(C)Oc1ccc(Cl)cc1Cl)C(=O)O.CSCCC(NC(=O)C(C)Oc1ccc(Cl)cc1Cl)C(=O)O. The van der Waals surface area contributed by atoms with Gasteiger partial charge in [-0.1, -0.05) is 193 Å². The van der Waals surface area contributed by atoms with Crippen molar-refractivity contribution in [1.82, 2.24) is 26.6 Å². The molecule has 7 aromatic rings. The van der Waals surface area contributed by atoms with E-state index in [-0.39, 0.29) is 61.3 Å². The van der Waals surface area contributed by atoms with Crippen molar-refractivity contribution in [2.45, 2.75) is 155 Å². The minimum Gasteiger partial charge on any atom is -0.508 e. The lowest BCUT2D eigenvalue weighted by atomic mass is 9.99. The number of hydrogen-bond acceptors (Lipinski definition) is 17. The van der Waals surface area contributed by atoms with Gasteiger partial charge < -0.3 is 80.9 Å². The smallest absolute Gasteiger partial charge is 0.326 e. The summed E-state index contributed by atoms with van der Waals surface area (Å²) in [7, 11) is 0. The summed E-state index contributed by atoms with van der Waals surface area (Å²) in [4.78, 5) is 117. The van der Waals surface area contributed by atoms with Crippen molar-refractivity contribution in [1.29, 1.82) is 0 Å². The molecule has 0 saturated carbocycles. The van der Waals surface area contributed by atoms with E-state index < -0.39 is 120 Å². The number of carbonyl (C=O) groups is 10. The third kappa shape index (κ3) is 38.3. The van der Waals surface area contributed by atoms with Crippen LogP contribution in [0.4, 0.5) is 0 Å². The van der Waals surface area contributed by atoms with Crippen molar-refractivity contribution in [3.8, 4) is 34.5 Å². The predicted molar refractivity (Wildman–Crippen MR) is 454 cm³/mol. The van der Waals surface area contributed by atoms with Crippen LogP contribution in [0.2, 0.25) is 50.2 Å². The number of phenols is 1. The molecule has 0 bridgehead atoms. The van der Waals surface area contributed by atoms with Crippen molar-refractivity contribution >= 4 is 187 Å². The Kier molecular flexibility index (Phi) is 45.8. The van der Waals surface area contributed by atoms with E-state index in [9.17, 15) is 68.4 Å². The molecule has 117 heavy (non-hydrogen) atoms. The van der Waals surface area contributed by atoms with E-state index in [1.165, 1.54) is 94.9 Å². The number of carboxylic acid groups (broad SMARTS) is 5. The lowest BCUT2D eigenvalue weighted by molar-refractivity contribution is -0.144. The fraction of sp³-hybridized carbons (Fsp3) is 0.350. The second-order valence-electron chi connectivity index (χ2n) is 26.0. The average Bonchev–Trinajstić information content (AvgIpc) is 0.871. The summed E-state index contributed by atoms with van der Waals surface area (Å²) in [5, 5.41) is 71.3. The summed E-state index contributed by atoms with van der Waals surface area (Å²) in [6.45, 7) is 15.0. The molecule has 0 aliphatic heterocycles. The van der Waals surface area contributed by atoms with E-state index >= 15 is 0 Å². The molecule has 5 amide bonds. The zero-order valence-corrected chi connectivity index (χ0v) is 72.9. The van der Waals surface area contributed by atoms with Crippen LogP contribution in [0.15, 0.2) is 146 Å². The van der Waals surface area contributed by atoms with E-state index in [0.717, 1.165) is 5.56 Å². The standard InChI is InChI=1S/C18H17Cl2NO5.C18H17Cl2NO4.2C15H19Cl2NO4.C14H17Cl2NO4S/c1-10(26-16-7-4-12(19)9-14(16)20)17(23)21-15(18(24)25)8-11-2-5-13(22)6-3-11;1-11(25-16-8-7-13(19)10-14(16)20)17(22)21-15(18(23)24)9-12-5-3-2-4-6-12;1-8(2)6-12(15(20)21)18-14(19)9(3)22-13-5-4-10(16)7-11(13)17;1-4-8(2)13(15(20)21)18-14(19)9(3)22-12-6-5-10(16)7-11(12)17;1-8(21-12-4-3-9(15)7-10(12)16)13(18)17-11(14(19)20)5-6-22-2/h2-7,9-10,15,22H,8H2,1H3,(H,21,23)(H,24,25);2-8,10-11,15H,9H2,1H3,(H,21,22)(H,23,24);4-5,7-9,12H,6H2,1-3H3,(H,18,19)(H,20,21);5-9,13H,4H2,1-3H3,(H,18,19)(H,20,21);3-4,7-8,11H,5-6H2,1-2H3,(H,17,18)(H,19,20). The Balaban J connectivity index is 0.000000379. The molecule has 0 heterocycles. The summed E-state index contributed by atoms with van der Waals surface area (Å²) in [5.74, 6) is -6.04. The van der Waals surface area contributed by atoms with Crippen LogP contribution in [0.25, 0.3) is 0 Å². The molecule has 11 atom stereocenters. The molecule has 26 nitrogen and oxygen atoms in total. The number of benzene rings is 7. The first-order valence-corrected chi connectivity index (χ1v) is 40.7. The molecule has 0 aliphatic rings. The molecule has 0 aliphatic carbocycles. The Bertz CT molecular complexity index is 4470. The minimum absolute atomic E-state index is 0.0653. The van der Waals surface area contributed by atoms with Crippen LogP contribution in [0.1, 0.15) is 92.7 Å². The van der Waals surface area contributed by atoms with E-state index in [4.69, 9.17) is 150 Å². The van der Waals surface area contributed by atoms with Gasteiger partial charge in [-0.25, -0.2) is 24.0 Å². The van der Waals surface area contributed by atoms with Gasteiger partial charge >= 0.3 is 29.8 Å². The molecular formula is C80H89Cl10N5O21S. The van der Waals surface area contributed by atoms with Crippen molar-refractivity contribution in [2.24, 2.45) is 11.8 Å². The van der Waals surface area contributed by atoms with Crippen molar-refractivity contribution in [2.75, 3.05) is 12.0 Å². The molecule has 0 fully saturated rings. The highest BCUT2D eigenvalue weighted by Crippen LogP contribution is 2.33. The number of amides is 5. The monoisotopic (exact) mass is 1840 g/mol. The van der Waals surface area contributed by atoms with Crippen LogP contribution in [-0.4, -0.2) is 163 Å². The number of rotatable bonds is 36. The highest BCUT2D eigenvalue weighted by atomic mass is 35.5. The van der Waals surface area contributed by atoms with Crippen molar-refractivity contribution in [3.63, 3.8) is 0 Å². The average molecular weight is 1840 g/mol. The molecule has 7 aromatic carbocycles. The van der Waals surface area contributed by atoms with Gasteiger partial charge in [0.25, 0.3) is 29.5 Å². The van der Waals surface area contributed by atoms with Crippen LogP contribution in [-0.2, 0) is 60.8 Å². The van der Waals surface area contributed by atoms with Crippen molar-refractivity contribution in [3.05, 3.63) is 207 Å². The number of aliphatic carboxylic acids is 5. The van der Waals surface area contributed by atoms with Crippen LogP contribution < -0.4 is 50.3 Å². The molecule has 11 N–H and O–H groups in total. The first-order chi connectivity index (χ1) is 54.9. The molecule has 7 rings (SSSR count). The topological polar surface area (TPSA) is 398 Å². The summed E-state index contributed by atoms with van der Waals surface area (Å²) in [6, 6.07) is 33.2. The molecule has 0 radical (unpaired) electrons. The van der Waals surface area contributed by atoms with Gasteiger partial charge in [-0.05, 0) is 186 Å². The summed E-state index contributed by atoms with van der Waals surface area (Å²) >= 11 is 60.4. The fourth-order valence-corrected chi connectivity index (χ4v) is 12.2. The zero-order chi connectivity index (χ0) is 88.1. The Labute approximate surface area is 731 Å². The number of phenolic OH excluding ortho intramolecular Hbond substituents is 1. The van der Waals surface area contributed by atoms with Gasteiger partial charge in [0.2, 0.25) is 0 Å². The van der Waals surface area contributed by atoms with E-state index in [2.05, 4.69) is 26.6 Å². The summed E-state index contributed by atoms with van der Waals surface area (Å²) in [6.07, 6.45) is -1.10. The van der Waals surface area contributed by atoms with Crippen LogP contribution in [0, 0.1) is 11.8 Å². The largest absolute Gasteiger partial charge is 0.508 e. The fourth-order valence-electron chi connectivity index (χ4n) is 9.49. The van der Waals surface area contributed by atoms with Gasteiger partial charge in [-0.2, -0.15) is 11.8 Å². The number of thioether (sulfide) groups is 1. The van der Waals surface area contributed by atoms with Gasteiger partial charge in [-0.15, -0.1) is 0 Å². The number of nitrogens with one attached hydrogen (secondary N) is 5. The zero-order valence-electron chi connectivity index (χ0n) is 64.5. The quantitative estimate of drug-likeness (QED) is 0.0174. The van der Waals surface area contributed by atoms with Crippen LogP contribution >= 0.6 is 128 Å². The molecule has 0 spiro atoms. The minimum atomic E-state index is -1.18. The Morgan fingerprint density at radius 3 is 0.889 bits per heavy atom. The van der Waals surface area contributed by atoms with E-state index in [1.807, 2.05) is 45.2 Å². The first kappa shape index (κ1) is 102. The highest BCUT2D eigenvalue weighted by Gasteiger charge is 2.31. The Morgan fingerprint density at radius 1 is 0.359 bits per heavy atom. The summed E-state index contributed by atoms with van der Waals surface area (Å²) < 4.78 is 27.3. The van der Waals surface area contributed by atoms with Gasteiger partial charge in [-0.3, -0.25) is 24.0 Å². The number of hydrogen-bond donors (Lipinski definition) is 11. The van der Waals surface area contributed by atoms with Crippen LogP contribution in [0.3, 0.4) is 0 Å². The van der Waals surface area contributed by atoms with Gasteiger partial charge in [0, 0.05) is 38.0 Å². The summed E-state index contributed by atoms with van der Waals surface area (Å²) in [5.41, 5.74) is 1.47.